The monoisotopic (exact) mass is 738 g/mol. The van der Waals surface area contributed by atoms with Crippen LogP contribution in [0.4, 0.5) is 0 Å². The Bertz CT molecular complexity index is 1020. The van der Waals surface area contributed by atoms with Crippen LogP contribution in [0.2, 0.25) is 0 Å². The number of rotatable bonds is 35. The van der Waals surface area contributed by atoms with E-state index in [0.717, 1.165) is 70.6 Å². The lowest BCUT2D eigenvalue weighted by atomic mass is 10.0. The Morgan fingerprint density at radius 3 is 1.73 bits per heavy atom. The number of hydrogen-bond donors (Lipinski definition) is 3. The second kappa shape index (κ2) is 34.0. The van der Waals surface area contributed by atoms with Gasteiger partial charge in [0.05, 0.1) is 39.9 Å². The number of allylic oxidation sites excluding steroid dienone is 9. The minimum Gasteiger partial charge on any atom is -0.387 e. The van der Waals surface area contributed by atoms with E-state index >= 15 is 0 Å². The van der Waals surface area contributed by atoms with Crippen LogP contribution in [0, 0.1) is 0 Å². The number of unbranched alkanes of at least 4 members (excludes halogenated alkanes) is 14. The van der Waals surface area contributed by atoms with Gasteiger partial charge in [0, 0.05) is 6.42 Å². The summed E-state index contributed by atoms with van der Waals surface area (Å²) in [4.78, 5) is 22.9. The summed E-state index contributed by atoms with van der Waals surface area (Å²) < 4.78 is 23.3. The summed E-state index contributed by atoms with van der Waals surface area (Å²) in [5, 5.41) is 13.6. The second-order valence-electron chi connectivity index (χ2n) is 14.6. The van der Waals surface area contributed by atoms with Crippen molar-refractivity contribution in [1.29, 1.82) is 0 Å². The van der Waals surface area contributed by atoms with Gasteiger partial charge in [-0.2, -0.15) is 0 Å². The normalized spacial score (nSPS) is 15.2. The number of phosphoric ester groups is 1. The van der Waals surface area contributed by atoms with Gasteiger partial charge in [0.1, 0.15) is 13.2 Å². The first kappa shape index (κ1) is 49.2. The summed E-state index contributed by atoms with van der Waals surface area (Å²) in [6.45, 7) is 4.59. The van der Waals surface area contributed by atoms with Gasteiger partial charge in [-0.05, 0) is 57.8 Å². The highest BCUT2D eigenvalue weighted by molar-refractivity contribution is 7.47. The molecule has 0 aliphatic rings. The molecule has 8 nitrogen and oxygen atoms in total. The predicted molar refractivity (Wildman–Crippen MR) is 217 cm³/mol. The largest absolute Gasteiger partial charge is 0.472 e. The molecular formula is C42H78N2O6P+. The SMILES string of the molecule is CC/C=C\C/C=C\C/C=C\C/C=C\CCCCCCCCCCCCC(=O)NC(COP(=O)(O)OCC[N+](C)(C)C)C(O)/C=C/CCCCCC. The van der Waals surface area contributed by atoms with Crippen LogP contribution in [0.15, 0.2) is 60.8 Å². The first-order valence-corrected chi connectivity index (χ1v) is 21.7. The third kappa shape index (κ3) is 36.4. The van der Waals surface area contributed by atoms with E-state index in [2.05, 4.69) is 67.8 Å². The third-order valence-electron chi connectivity index (χ3n) is 8.49. The fourth-order valence-corrected chi connectivity index (χ4v) is 6.00. The number of carbonyl (C=O) groups excluding carboxylic acids is 1. The Morgan fingerprint density at radius 1 is 0.686 bits per heavy atom. The number of nitrogens with one attached hydrogen (secondary N) is 1. The van der Waals surface area contributed by atoms with Crippen molar-refractivity contribution in [1.82, 2.24) is 5.32 Å². The van der Waals surface area contributed by atoms with E-state index in [1.165, 1.54) is 57.8 Å². The summed E-state index contributed by atoms with van der Waals surface area (Å²) in [6.07, 6.45) is 43.2. The van der Waals surface area contributed by atoms with Crippen LogP contribution in [0.25, 0.3) is 0 Å². The van der Waals surface area contributed by atoms with Crippen LogP contribution in [-0.4, -0.2) is 73.4 Å². The van der Waals surface area contributed by atoms with Crippen molar-refractivity contribution in [2.24, 2.45) is 0 Å². The molecule has 0 aliphatic carbocycles. The van der Waals surface area contributed by atoms with Crippen molar-refractivity contribution < 1.29 is 32.9 Å². The average Bonchev–Trinajstić information content (AvgIpc) is 3.07. The van der Waals surface area contributed by atoms with Gasteiger partial charge in [0.15, 0.2) is 0 Å². The molecule has 51 heavy (non-hydrogen) atoms. The van der Waals surface area contributed by atoms with Crippen molar-refractivity contribution in [2.75, 3.05) is 40.9 Å². The Hall–Kier alpha value is -1.80. The molecule has 0 radical (unpaired) electrons. The van der Waals surface area contributed by atoms with Crippen LogP contribution in [0.3, 0.4) is 0 Å². The van der Waals surface area contributed by atoms with Crippen molar-refractivity contribution in [3.63, 3.8) is 0 Å². The number of likely N-dealkylation sites (N-methyl/N-ethyl adjacent to an activating group) is 1. The first-order valence-electron chi connectivity index (χ1n) is 20.2. The number of hydrogen-bond acceptors (Lipinski definition) is 5. The second-order valence-corrected chi connectivity index (χ2v) is 16.1. The first-order chi connectivity index (χ1) is 24.5. The zero-order chi connectivity index (χ0) is 37.9. The van der Waals surface area contributed by atoms with Crippen molar-refractivity contribution in [3.05, 3.63) is 60.8 Å². The lowest BCUT2D eigenvalue weighted by molar-refractivity contribution is -0.870. The van der Waals surface area contributed by atoms with E-state index in [-0.39, 0.29) is 19.1 Å². The molecule has 0 fully saturated rings. The number of carbonyl (C=O) groups is 1. The molecule has 0 aromatic rings. The van der Waals surface area contributed by atoms with Crippen LogP contribution < -0.4 is 5.32 Å². The van der Waals surface area contributed by atoms with Gasteiger partial charge in [-0.3, -0.25) is 13.8 Å². The van der Waals surface area contributed by atoms with Gasteiger partial charge in [0.25, 0.3) is 0 Å². The maximum Gasteiger partial charge on any atom is 0.472 e. The summed E-state index contributed by atoms with van der Waals surface area (Å²) in [7, 11) is 1.55. The van der Waals surface area contributed by atoms with Crippen LogP contribution >= 0.6 is 7.82 Å². The van der Waals surface area contributed by atoms with Crippen molar-refractivity contribution in [3.8, 4) is 0 Å². The summed E-state index contributed by atoms with van der Waals surface area (Å²) in [5.41, 5.74) is 0. The molecule has 9 heteroatoms. The molecule has 3 unspecified atom stereocenters. The molecule has 0 rings (SSSR count). The quantitative estimate of drug-likeness (QED) is 0.0259. The number of nitrogens with zero attached hydrogens (tertiary/aromatic N) is 1. The predicted octanol–water partition coefficient (Wildman–Crippen LogP) is 10.7. The molecule has 0 bridgehead atoms. The van der Waals surface area contributed by atoms with E-state index in [1.54, 1.807) is 6.08 Å². The number of aliphatic hydroxyl groups is 1. The zero-order valence-electron chi connectivity index (χ0n) is 33.3. The number of phosphoric acid groups is 1. The fourth-order valence-electron chi connectivity index (χ4n) is 5.26. The Labute approximate surface area is 313 Å². The van der Waals surface area contributed by atoms with Gasteiger partial charge in [-0.1, -0.05) is 145 Å². The highest BCUT2D eigenvalue weighted by Crippen LogP contribution is 2.43. The van der Waals surface area contributed by atoms with Crippen LogP contribution in [0.5, 0.6) is 0 Å². The summed E-state index contributed by atoms with van der Waals surface area (Å²) >= 11 is 0. The highest BCUT2D eigenvalue weighted by atomic mass is 31.2. The average molecular weight is 738 g/mol. The van der Waals surface area contributed by atoms with E-state index in [9.17, 15) is 19.4 Å². The molecule has 0 aliphatic heterocycles. The minimum atomic E-state index is -4.32. The lowest BCUT2D eigenvalue weighted by Gasteiger charge is -2.25. The Balaban J connectivity index is 4.18. The molecule has 0 saturated carbocycles. The molecule has 1 amide bonds. The third-order valence-corrected chi connectivity index (χ3v) is 9.48. The summed E-state index contributed by atoms with van der Waals surface area (Å²) in [6, 6.07) is -0.847. The molecule has 296 valence electrons. The molecular weight excluding hydrogens is 659 g/mol. The fraction of sp³-hybridized carbons (Fsp3) is 0.738. The number of aliphatic hydroxyl groups excluding tert-OH is 1. The molecule has 3 N–H and O–H groups in total. The molecule has 0 heterocycles. The lowest BCUT2D eigenvalue weighted by Crippen LogP contribution is -2.45. The molecule has 0 aromatic carbocycles. The van der Waals surface area contributed by atoms with Crippen molar-refractivity contribution in [2.45, 2.75) is 161 Å². The minimum absolute atomic E-state index is 0.0573. The zero-order valence-corrected chi connectivity index (χ0v) is 34.2. The van der Waals surface area contributed by atoms with Gasteiger partial charge in [-0.25, -0.2) is 4.57 Å². The smallest absolute Gasteiger partial charge is 0.387 e. The van der Waals surface area contributed by atoms with Crippen molar-refractivity contribution >= 4 is 13.7 Å². The van der Waals surface area contributed by atoms with Crippen LogP contribution in [0.1, 0.15) is 149 Å². The molecule has 0 saturated heterocycles. The maximum atomic E-state index is 12.8. The molecule has 0 aromatic heterocycles. The number of quaternary nitrogens is 1. The van der Waals surface area contributed by atoms with Gasteiger partial charge in [-0.15, -0.1) is 0 Å². The van der Waals surface area contributed by atoms with E-state index < -0.39 is 20.0 Å². The number of amides is 1. The Kier molecular flexibility index (Phi) is 32.8. The maximum absolute atomic E-state index is 12.8. The van der Waals surface area contributed by atoms with E-state index in [0.29, 0.717) is 17.4 Å². The topological polar surface area (TPSA) is 105 Å². The highest BCUT2D eigenvalue weighted by Gasteiger charge is 2.27. The molecule has 0 spiro atoms. The molecule has 3 atom stereocenters. The van der Waals surface area contributed by atoms with Gasteiger partial charge >= 0.3 is 7.82 Å². The van der Waals surface area contributed by atoms with E-state index in [4.69, 9.17) is 9.05 Å². The standard InChI is InChI=1S/C42H77N2O6P/c1-6-8-10-12-14-15-16-17-18-19-20-21-22-23-24-25-26-27-28-29-30-32-34-36-42(46)43-40(41(45)35-33-31-13-11-9-7-2)39-50-51(47,48)49-38-37-44(3,4)5/h8,10,14-15,17-18,20-21,33,35,40-41,45H,6-7,9,11-13,16,19,22-32,34,36-39H2,1-5H3,(H-,43,46,47,48)/p+1/b10-8-,15-14-,18-17-,21-20-,35-33+. The summed E-state index contributed by atoms with van der Waals surface area (Å²) in [5.74, 6) is -0.192. The van der Waals surface area contributed by atoms with Crippen LogP contribution in [-0.2, 0) is 18.4 Å². The van der Waals surface area contributed by atoms with Gasteiger partial charge < -0.3 is 19.8 Å². The van der Waals surface area contributed by atoms with Gasteiger partial charge in [0.2, 0.25) is 5.91 Å². The van der Waals surface area contributed by atoms with E-state index in [1.807, 2.05) is 27.2 Å². The Morgan fingerprint density at radius 2 is 1.18 bits per heavy atom.